The van der Waals surface area contributed by atoms with Crippen LogP contribution in [0.25, 0.3) is 0 Å². The highest BCUT2D eigenvalue weighted by Gasteiger charge is 1.90. The summed E-state index contributed by atoms with van der Waals surface area (Å²) in [6.45, 7) is 6.94. The molecule has 0 aromatic heterocycles. The zero-order chi connectivity index (χ0) is 6.57. The fourth-order valence-electron chi connectivity index (χ4n) is 0.231. The minimum atomic E-state index is 0.454. The Bertz CT molecular complexity index is 112. The lowest BCUT2D eigenvalue weighted by Crippen LogP contribution is -2.09. The predicted octanol–water partition coefficient (Wildman–Crippen LogP) is 1.79. The fourth-order valence-corrected chi connectivity index (χ4v) is 0.543. The Morgan fingerprint density at radius 2 is 1.88 bits per heavy atom. The molecule has 1 nitrogen and oxygen atoms in total. The van der Waals surface area contributed by atoms with Gasteiger partial charge in [-0.2, -0.15) is 0 Å². The van der Waals surface area contributed by atoms with Gasteiger partial charge in [0.25, 0.3) is 0 Å². The molecule has 0 atom stereocenters. The first kappa shape index (κ1) is 7.72. The van der Waals surface area contributed by atoms with E-state index in [0.717, 1.165) is 0 Å². The molecule has 3 heteroatoms. The van der Waals surface area contributed by atoms with Gasteiger partial charge in [-0.3, -0.25) is 0 Å². The van der Waals surface area contributed by atoms with Crippen LogP contribution in [0.1, 0.15) is 0 Å². The molecular formula is C5H7NS2. The minimum Gasteiger partial charge on any atom is -0.311 e. The van der Waals surface area contributed by atoms with Gasteiger partial charge in [-0.25, -0.2) is 0 Å². The number of thiocarbonyl (C=S) groups is 1. The number of hydrogen-bond donors (Lipinski definition) is 1. The lowest BCUT2D eigenvalue weighted by molar-refractivity contribution is 0.799. The third-order valence-electron chi connectivity index (χ3n) is 0.614. The second-order valence-electron chi connectivity index (χ2n) is 1.05. The van der Waals surface area contributed by atoms with E-state index >= 15 is 0 Å². The van der Waals surface area contributed by atoms with Crippen LogP contribution in [-0.4, -0.2) is 9.22 Å². The van der Waals surface area contributed by atoms with Gasteiger partial charge >= 0.3 is 0 Å². The summed E-state index contributed by atoms with van der Waals surface area (Å²) >= 11 is 8.53. The van der Waals surface area contributed by atoms with E-state index < -0.39 is 0 Å². The van der Waals surface area contributed by atoms with E-state index in [2.05, 4.69) is 38.0 Å². The standard InChI is InChI=1S/C5H7NS2/c1-3-6(4-2)5(7)8/h3-4H,1-2H2,(H,7,8). The normalized spacial score (nSPS) is 7.62. The second-order valence-corrected chi connectivity index (χ2v) is 2.17. The summed E-state index contributed by atoms with van der Waals surface area (Å²) in [7, 11) is 0. The first-order valence-corrected chi connectivity index (χ1v) is 2.84. The molecule has 0 saturated carbocycles. The molecule has 0 N–H and O–H groups in total. The molecular weight excluding hydrogens is 138 g/mol. The van der Waals surface area contributed by atoms with Crippen molar-refractivity contribution in [3.8, 4) is 0 Å². The SMILES string of the molecule is C=CN(C=C)C(=S)S. The Balaban J connectivity index is 3.88. The summed E-state index contributed by atoms with van der Waals surface area (Å²) in [6.07, 6.45) is 3.09. The molecule has 0 saturated heterocycles. The molecule has 0 spiro atoms. The summed E-state index contributed by atoms with van der Waals surface area (Å²) in [6, 6.07) is 0. The maximum absolute atomic E-state index is 4.66. The van der Waals surface area contributed by atoms with Crippen molar-refractivity contribution < 1.29 is 0 Å². The van der Waals surface area contributed by atoms with E-state index in [1.807, 2.05) is 0 Å². The molecule has 0 bridgehead atoms. The Kier molecular flexibility index (Phi) is 3.56. The molecule has 0 fully saturated rings. The van der Waals surface area contributed by atoms with Crippen molar-refractivity contribution >= 4 is 29.2 Å². The Labute approximate surface area is 60.1 Å². The maximum Gasteiger partial charge on any atom is 0.141 e. The van der Waals surface area contributed by atoms with Crippen LogP contribution in [-0.2, 0) is 0 Å². The molecule has 0 amide bonds. The van der Waals surface area contributed by atoms with Crippen LogP contribution in [0, 0.1) is 0 Å². The molecule has 0 aromatic carbocycles. The van der Waals surface area contributed by atoms with Crippen LogP contribution in [0.4, 0.5) is 0 Å². The van der Waals surface area contributed by atoms with Gasteiger partial charge in [0, 0.05) is 12.4 Å². The van der Waals surface area contributed by atoms with Crippen LogP contribution >= 0.6 is 24.8 Å². The van der Waals surface area contributed by atoms with E-state index in [1.54, 1.807) is 17.3 Å². The maximum atomic E-state index is 4.66. The average Bonchev–Trinajstić information content (AvgIpc) is 1.69. The predicted molar refractivity (Wildman–Crippen MR) is 43.8 cm³/mol. The van der Waals surface area contributed by atoms with E-state index in [0.29, 0.717) is 4.32 Å². The highest BCUT2D eigenvalue weighted by Crippen LogP contribution is 1.95. The van der Waals surface area contributed by atoms with E-state index in [1.165, 1.54) is 0 Å². The summed E-state index contributed by atoms with van der Waals surface area (Å²) < 4.78 is 0.454. The molecule has 0 radical (unpaired) electrons. The van der Waals surface area contributed by atoms with Crippen LogP contribution in [0.2, 0.25) is 0 Å². The van der Waals surface area contributed by atoms with Gasteiger partial charge < -0.3 is 4.90 Å². The van der Waals surface area contributed by atoms with Crippen molar-refractivity contribution in [2.75, 3.05) is 0 Å². The van der Waals surface area contributed by atoms with Gasteiger partial charge in [0.15, 0.2) is 0 Å². The molecule has 0 aromatic rings. The van der Waals surface area contributed by atoms with Crippen molar-refractivity contribution in [2.45, 2.75) is 0 Å². The van der Waals surface area contributed by atoms with Crippen molar-refractivity contribution in [1.82, 2.24) is 4.90 Å². The first-order chi connectivity index (χ1) is 3.72. The third kappa shape index (κ3) is 2.14. The van der Waals surface area contributed by atoms with Crippen molar-refractivity contribution in [2.24, 2.45) is 0 Å². The monoisotopic (exact) mass is 145 g/mol. The summed E-state index contributed by atoms with van der Waals surface area (Å²) in [5.74, 6) is 0. The summed E-state index contributed by atoms with van der Waals surface area (Å²) in [5.41, 5.74) is 0. The topological polar surface area (TPSA) is 3.24 Å². The highest BCUT2D eigenvalue weighted by molar-refractivity contribution is 8.10. The number of hydrogen-bond acceptors (Lipinski definition) is 1. The Morgan fingerprint density at radius 1 is 1.50 bits per heavy atom. The number of nitrogens with zero attached hydrogens (tertiary/aromatic N) is 1. The summed E-state index contributed by atoms with van der Waals surface area (Å²) in [4.78, 5) is 1.54. The molecule has 8 heavy (non-hydrogen) atoms. The molecule has 0 unspecified atom stereocenters. The van der Waals surface area contributed by atoms with E-state index in [9.17, 15) is 0 Å². The van der Waals surface area contributed by atoms with Gasteiger partial charge in [0.1, 0.15) is 4.32 Å². The van der Waals surface area contributed by atoms with Gasteiger partial charge in [-0.1, -0.05) is 25.4 Å². The lowest BCUT2D eigenvalue weighted by atomic mass is 10.8. The number of rotatable bonds is 2. The van der Waals surface area contributed by atoms with Crippen molar-refractivity contribution in [1.29, 1.82) is 0 Å². The second kappa shape index (κ2) is 3.69. The largest absolute Gasteiger partial charge is 0.311 e. The quantitative estimate of drug-likeness (QED) is 0.466. The van der Waals surface area contributed by atoms with E-state index in [-0.39, 0.29) is 0 Å². The molecule has 0 heterocycles. The van der Waals surface area contributed by atoms with Gasteiger partial charge in [0.05, 0.1) is 0 Å². The van der Waals surface area contributed by atoms with Crippen molar-refractivity contribution in [3.05, 3.63) is 25.6 Å². The zero-order valence-electron chi connectivity index (χ0n) is 4.37. The van der Waals surface area contributed by atoms with Crippen LogP contribution < -0.4 is 0 Å². The summed E-state index contributed by atoms with van der Waals surface area (Å²) in [5, 5.41) is 0. The highest BCUT2D eigenvalue weighted by atomic mass is 32.1. The Morgan fingerprint density at radius 3 is 1.88 bits per heavy atom. The van der Waals surface area contributed by atoms with Gasteiger partial charge in [-0.05, 0) is 0 Å². The van der Waals surface area contributed by atoms with Crippen LogP contribution in [0.15, 0.2) is 25.6 Å². The molecule has 44 valence electrons. The minimum absolute atomic E-state index is 0.454. The Hall–Kier alpha value is -0.280. The average molecular weight is 145 g/mol. The lowest BCUT2D eigenvalue weighted by Gasteiger charge is -2.08. The van der Waals surface area contributed by atoms with Gasteiger partial charge in [0.2, 0.25) is 0 Å². The molecule has 0 aliphatic carbocycles. The molecule has 0 aliphatic heterocycles. The first-order valence-electron chi connectivity index (χ1n) is 1.98. The smallest absolute Gasteiger partial charge is 0.141 e. The fraction of sp³-hybridized carbons (Fsp3) is 0. The van der Waals surface area contributed by atoms with Gasteiger partial charge in [-0.15, -0.1) is 12.6 Å². The molecule has 0 aliphatic rings. The zero-order valence-corrected chi connectivity index (χ0v) is 6.08. The van der Waals surface area contributed by atoms with Crippen molar-refractivity contribution in [3.63, 3.8) is 0 Å². The third-order valence-corrected chi connectivity index (χ3v) is 1.06. The molecule has 0 rings (SSSR count). The number of thiol groups is 1. The van der Waals surface area contributed by atoms with Crippen LogP contribution in [0.5, 0.6) is 0 Å². The van der Waals surface area contributed by atoms with E-state index in [4.69, 9.17) is 0 Å². The van der Waals surface area contributed by atoms with Crippen LogP contribution in [0.3, 0.4) is 0 Å².